The molecule has 35 heavy (non-hydrogen) atoms. The number of urea groups is 1. The third-order valence-electron chi connectivity index (χ3n) is 8.12. The monoisotopic (exact) mass is 488 g/mol. The average molecular weight is 489 g/mol. The van der Waals surface area contributed by atoms with Crippen molar-refractivity contribution in [1.29, 1.82) is 0 Å². The molecule has 1 aromatic rings. The molecule has 1 spiro atoms. The van der Waals surface area contributed by atoms with Crippen molar-refractivity contribution in [3.8, 4) is 0 Å². The van der Waals surface area contributed by atoms with Crippen LogP contribution in [0.25, 0.3) is 0 Å². The van der Waals surface area contributed by atoms with E-state index in [9.17, 15) is 18.0 Å². The summed E-state index contributed by atoms with van der Waals surface area (Å²) in [4.78, 5) is 18.4. The first-order valence-corrected chi connectivity index (χ1v) is 12.2. The van der Waals surface area contributed by atoms with Gasteiger partial charge in [-0.15, -0.1) is 0 Å². The summed E-state index contributed by atoms with van der Waals surface area (Å²) < 4.78 is 41.9. The lowest BCUT2D eigenvalue weighted by Crippen LogP contribution is -2.54. The largest absolute Gasteiger partial charge is 0.418 e. The van der Waals surface area contributed by atoms with E-state index in [2.05, 4.69) is 43.0 Å². The Labute approximate surface area is 205 Å². The molecule has 0 bridgehead atoms. The van der Waals surface area contributed by atoms with Crippen molar-refractivity contribution in [1.82, 2.24) is 20.0 Å². The van der Waals surface area contributed by atoms with Crippen LogP contribution in [0.1, 0.15) is 44.6 Å². The summed E-state index contributed by atoms with van der Waals surface area (Å²) in [7, 11) is 4.16. The van der Waals surface area contributed by atoms with Gasteiger partial charge in [0.1, 0.15) is 0 Å². The Hall–Kier alpha value is -2.74. The maximum absolute atomic E-state index is 14.0. The summed E-state index contributed by atoms with van der Waals surface area (Å²) >= 11 is 0. The van der Waals surface area contributed by atoms with Crippen molar-refractivity contribution in [2.45, 2.75) is 56.3 Å². The fraction of sp³-hybridized carbons (Fsp3) is 0.519. The fourth-order valence-corrected chi connectivity index (χ4v) is 5.69. The first-order valence-electron chi connectivity index (χ1n) is 12.2. The molecule has 2 aliphatic heterocycles. The first kappa shape index (κ1) is 25.4. The minimum atomic E-state index is -4.52. The van der Waals surface area contributed by atoms with Gasteiger partial charge in [0.15, 0.2) is 0 Å². The third kappa shape index (κ3) is 4.73. The molecule has 0 aromatic heterocycles. The SMILES string of the molecule is C=C/C(=C\C(=C(/C)N1CCC1)C(F)(F)F)N1CC2(CCC(c3ccccc3)(N(C)C)CC2)NC1=O. The molecule has 0 atom stereocenters. The van der Waals surface area contributed by atoms with Crippen LogP contribution < -0.4 is 5.32 Å². The van der Waals surface area contributed by atoms with Crippen LogP contribution in [0.15, 0.2) is 66.0 Å². The van der Waals surface area contributed by atoms with Gasteiger partial charge in [0.25, 0.3) is 0 Å². The molecule has 2 saturated heterocycles. The van der Waals surface area contributed by atoms with Gasteiger partial charge in [-0.2, -0.15) is 13.2 Å². The second-order valence-electron chi connectivity index (χ2n) is 10.2. The summed E-state index contributed by atoms with van der Waals surface area (Å²) in [5.74, 6) is 0. The van der Waals surface area contributed by atoms with Crippen molar-refractivity contribution in [3.05, 3.63) is 71.6 Å². The van der Waals surface area contributed by atoms with E-state index in [0.29, 0.717) is 19.6 Å². The number of hydrogen-bond acceptors (Lipinski definition) is 3. The summed E-state index contributed by atoms with van der Waals surface area (Å²) in [6, 6.07) is 10.0. The Morgan fingerprint density at radius 2 is 1.74 bits per heavy atom. The molecule has 3 fully saturated rings. The van der Waals surface area contributed by atoms with E-state index in [1.54, 1.807) is 4.90 Å². The van der Waals surface area contributed by atoms with Crippen molar-refractivity contribution in [2.24, 2.45) is 0 Å². The highest BCUT2D eigenvalue weighted by Crippen LogP contribution is 2.46. The molecule has 0 radical (unpaired) electrons. The number of allylic oxidation sites excluding steroid dienone is 4. The van der Waals surface area contributed by atoms with Crippen LogP contribution in [0.2, 0.25) is 0 Å². The minimum Gasteiger partial charge on any atom is -0.374 e. The number of likely N-dealkylation sites (tertiary alicyclic amines) is 1. The Kier molecular flexibility index (Phi) is 6.79. The molecule has 1 aromatic carbocycles. The van der Waals surface area contributed by atoms with E-state index in [-0.39, 0.29) is 23.0 Å². The minimum absolute atomic E-state index is 0.137. The van der Waals surface area contributed by atoms with Crippen LogP contribution in [0.5, 0.6) is 0 Å². The topological polar surface area (TPSA) is 38.8 Å². The number of amides is 2. The Morgan fingerprint density at radius 1 is 1.11 bits per heavy atom. The first-order chi connectivity index (χ1) is 16.5. The van der Waals surface area contributed by atoms with Crippen LogP contribution in [0, 0.1) is 0 Å². The summed E-state index contributed by atoms with van der Waals surface area (Å²) in [5, 5.41) is 3.12. The standard InChI is InChI=1S/C27H35F3N4O/c1-5-22(18-23(27(28,29)30)20(2)33-16-9-17-33)34-19-25(31-24(34)35)12-14-26(15-13-25,32(3)4)21-10-7-6-8-11-21/h5-8,10-11,18H,1,9,12-17,19H2,2-4H3,(H,31,35)/b22-18+,23-20-. The molecule has 2 amide bonds. The van der Waals surface area contributed by atoms with Gasteiger partial charge in [-0.05, 0) is 70.8 Å². The number of hydrogen-bond donors (Lipinski definition) is 1. The maximum atomic E-state index is 14.0. The molecule has 1 aliphatic carbocycles. The highest BCUT2D eigenvalue weighted by atomic mass is 19.4. The predicted molar refractivity (Wildman–Crippen MR) is 131 cm³/mol. The van der Waals surface area contributed by atoms with Crippen molar-refractivity contribution in [3.63, 3.8) is 0 Å². The van der Waals surface area contributed by atoms with E-state index in [0.717, 1.165) is 38.2 Å². The van der Waals surface area contributed by atoms with Crippen molar-refractivity contribution >= 4 is 6.03 Å². The van der Waals surface area contributed by atoms with Crippen LogP contribution in [0.3, 0.4) is 0 Å². The van der Waals surface area contributed by atoms with E-state index in [1.165, 1.54) is 23.5 Å². The quantitative estimate of drug-likeness (QED) is 0.546. The van der Waals surface area contributed by atoms with Gasteiger partial charge < -0.3 is 10.2 Å². The Morgan fingerprint density at radius 3 is 2.23 bits per heavy atom. The number of benzene rings is 1. The van der Waals surface area contributed by atoms with Gasteiger partial charge in [0, 0.05) is 30.0 Å². The van der Waals surface area contributed by atoms with Gasteiger partial charge in [0.05, 0.1) is 17.7 Å². The van der Waals surface area contributed by atoms with Crippen molar-refractivity contribution < 1.29 is 18.0 Å². The molecular formula is C27H35F3N4O. The Bertz CT molecular complexity index is 1020. The molecule has 5 nitrogen and oxygen atoms in total. The molecule has 1 saturated carbocycles. The summed E-state index contributed by atoms with van der Waals surface area (Å²) in [5.41, 5.74) is 0.284. The number of carbonyl (C=O) groups is 1. The zero-order valence-electron chi connectivity index (χ0n) is 20.8. The smallest absolute Gasteiger partial charge is 0.374 e. The summed E-state index contributed by atoms with van der Waals surface area (Å²) in [6.45, 7) is 6.79. The van der Waals surface area contributed by atoms with Crippen molar-refractivity contribution in [2.75, 3.05) is 33.7 Å². The van der Waals surface area contributed by atoms with E-state index < -0.39 is 17.3 Å². The van der Waals surface area contributed by atoms with Crippen LogP contribution in [-0.2, 0) is 5.54 Å². The number of alkyl halides is 3. The molecule has 1 N–H and O–H groups in total. The fourth-order valence-electron chi connectivity index (χ4n) is 5.69. The average Bonchev–Trinajstić information content (AvgIpc) is 3.09. The molecule has 8 heteroatoms. The predicted octanol–water partition coefficient (Wildman–Crippen LogP) is 5.39. The highest BCUT2D eigenvalue weighted by molar-refractivity contribution is 5.80. The van der Waals surface area contributed by atoms with Gasteiger partial charge in [-0.1, -0.05) is 36.9 Å². The van der Waals surface area contributed by atoms with E-state index in [4.69, 9.17) is 0 Å². The van der Waals surface area contributed by atoms with Crippen LogP contribution in [0.4, 0.5) is 18.0 Å². The molecular weight excluding hydrogens is 453 g/mol. The highest BCUT2D eigenvalue weighted by Gasteiger charge is 2.50. The lowest BCUT2D eigenvalue weighted by Gasteiger charge is -2.48. The molecule has 0 unspecified atom stereocenters. The van der Waals surface area contributed by atoms with Gasteiger partial charge in [-0.25, -0.2) is 4.79 Å². The van der Waals surface area contributed by atoms with Crippen LogP contribution in [-0.4, -0.2) is 66.2 Å². The second-order valence-corrected chi connectivity index (χ2v) is 10.2. The summed E-state index contributed by atoms with van der Waals surface area (Å²) in [6.07, 6.45) is 1.95. The molecule has 4 rings (SSSR count). The Balaban J connectivity index is 1.58. The molecule has 190 valence electrons. The maximum Gasteiger partial charge on any atom is 0.418 e. The number of carbonyl (C=O) groups excluding carboxylic acids is 1. The second kappa shape index (κ2) is 9.37. The van der Waals surface area contributed by atoms with Crippen LogP contribution >= 0.6 is 0 Å². The third-order valence-corrected chi connectivity index (χ3v) is 8.12. The zero-order valence-corrected chi connectivity index (χ0v) is 20.8. The lowest BCUT2D eigenvalue weighted by atomic mass is 9.69. The molecule has 3 aliphatic rings. The van der Waals surface area contributed by atoms with E-state index in [1.807, 2.05) is 18.2 Å². The van der Waals surface area contributed by atoms with Gasteiger partial charge in [-0.3, -0.25) is 9.80 Å². The number of nitrogens with one attached hydrogen (secondary N) is 1. The normalized spacial score (nSPS) is 28.2. The molecule has 2 heterocycles. The van der Waals surface area contributed by atoms with Gasteiger partial charge >= 0.3 is 12.2 Å². The number of rotatable bonds is 6. The number of nitrogens with zero attached hydrogens (tertiary/aromatic N) is 3. The zero-order chi connectivity index (χ0) is 25.4. The van der Waals surface area contributed by atoms with E-state index >= 15 is 0 Å². The number of halogens is 3. The van der Waals surface area contributed by atoms with Gasteiger partial charge in [0.2, 0.25) is 0 Å². The lowest BCUT2D eigenvalue weighted by molar-refractivity contribution is -0.0907.